The van der Waals surface area contributed by atoms with E-state index in [9.17, 15) is 4.79 Å². The first kappa shape index (κ1) is 24.1. The zero-order valence-corrected chi connectivity index (χ0v) is 21.7. The number of fused-ring (bicyclic) bond motifs is 2. The average molecular weight is 485 g/mol. The second kappa shape index (κ2) is 9.10. The number of hydrogen-bond acceptors (Lipinski definition) is 5. The Morgan fingerprint density at radius 1 is 1.03 bits per heavy atom. The molecular formula is C30H34N3O3+. The highest BCUT2D eigenvalue weighted by atomic mass is 16.6. The van der Waals surface area contributed by atoms with Crippen molar-refractivity contribution in [3.63, 3.8) is 0 Å². The van der Waals surface area contributed by atoms with Crippen molar-refractivity contribution < 1.29 is 14.3 Å². The summed E-state index contributed by atoms with van der Waals surface area (Å²) in [5.74, 6) is 0.341. The normalized spacial score (nSPS) is 22.0. The lowest BCUT2D eigenvalue weighted by Crippen LogP contribution is -2.63. The smallest absolute Gasteiger partial charge is 0.345 e. The Morgan fingerprint density at radius 3 is 2.53 bits per heavy atom. The number of aromatic nitrogens is 1. The molecule has 2 aliphatic rings. The summed E-state index contributed by atoms with van der Waals surface area (Å²) in [6.45, 7) is 13.4. The van der Waals surface area contributed by atoms with Crippen molar-refractivity contribution in [2.45, 2.75) is 40.3 Å². The van der Waals surface area contributed by atoms with Crippen molar-refractivity contribution in [1.29, 1.82) is 0 Å². The third-order valence-electron chi connectivity index (χ3n) is 7.67. The lowest BCUT2D eigenvalue weighted by atomic mass is 9.90. The van der Waals surface area contributed by atoms with Crippen molar-refractivity contribution in [2.75, 3.05) is 31.1 Å². The number of nitrogens with zero attached hydrogens (tertiary/aromatic N) is 3. The van der Waals surface area contributed by atoms with Gasteiger partial charge in [0.05, 0.1) is 18.7 Å². The Labute approximate surface area is 213 Å². The molecule has 3 heterocycles. The van der Waals surface area contributed by atoms with E-state index in [2.05, 4.69) is 69.0 Å². The van der Waals surface area contributed by atoms with Gasteiger partial charge in [-0.3, -0.25) is 0 Å². The summed E-state index contributed by atoms with van der Waals surface area (Å²) < 4.78 is 13.2. The van der Waals surface area contributed by atoms with Crippen LogP contribution in [0.2, 0.25) is 0 Å². The number of cyclic esters (lactones) is 1. The van der Waals surface area contributed by atoms with E-state index in [0.29, 0.717) is 34.6 Å². The summed E-state index contributed by atoms with van der Waals surface area (Å²) in [6.07, 6.45) is 3.94. The number of quaternary nitrogens is 1. The molecule has 1 aromatic heterocycles. The zero-order chi connectivity index (χ0) is 25.5. The standard InChI is InChI=1S/C30H34N3O3/c1-6-32(7-2)23-16-17-25(27(20-23)35-9-4)30(28-24(29(34)36-30)14-12-18-31-28)33(8-3)21(5)19-22-13-10-11-15-26(22)33/h10-20H,6-9H2,1-5H3/q+1. The molecule has 36 heavy (non-hydrogen) atoms. The molecule has 0 spiro atoms. The minimum Gasteiger partial charge on any atom is -0.493 e. The fourth-order valence-electron chi connectivity index (χ4n) is 6.12. The molecule has 5 rings (SSSR count). The van der Waals surface area contributed by atoms with E-state index in [0.717, 1.165) is 41.3 Å². The van der Waals surface area contributed by atoms with Gasteiger partial charge in [-0.15, -0.1) is 0 Å². The number of rotatable bonds is 8. The van der Waals surface area contributed by atoms with Crippen LogP contribution in [-0.4, -0.2) is 37.2 Å². The number of anilines is 1. The molecule has 3 aromatic rings. The molecule has 0 N–H and O–H groups in total. The number of pyridine rings is 1. The Bertz CT molecular complexity index is 1350. The highest BCUT2D eigenvalue weighted by Crippen LogP contribution is 2.58. The van der Waals surface area contributed by atoms with Gasteiger partial charge >= 0.3 is 11.7 Å². The molecular weight excluding hydrogens is 450 g/mol. The first-order chi connectivity index (χ1) is 17.5. The molecule has 2 atom stereocenters. The molecule has 0 bridgehead atoms. The molecule has 0 saturated carbocycles. The molecule has 0 aliphatic carbocycles. The molecule has 0 radical (unpaired) electrons. The van der Waals surface area contributed by atoms with E-state index >= 15 is 0 Å². The maximum atomic E-state index is 13.5. The van der Waals surface area contributed by atoms with Crippen molar-refractivity contribution in [1.82, 2.24) is 9.47 Å². The van der Waals surface area contributed by atoms with Crippen molar-refractivity contribution in [3.05, 3.63) is 88.9 Å². The molecule has 2 aromatic carbocycles. The number of hydrogen-bond donors (Lipinski definition) is 0. The van der Waals surface area contributed by atoms with Crippen LogP contribution < -0.4 is 14.1 Å². The van der Waals surface area contributed by atoms with Crippen LogP contribution in [0.1, 0.15) is 61.8 Å². The Kier molecular flexibility index (Phi) is 6.08. The van der Waals surface area contributed by atoms with Gasteiger partial charge in [-0.1, -0.05) is 12.1 Å². The highest BCUT2D eigenvalue weighted by molar-refractivity contribution is 5.96. The van der Waals surface area contributed by atoms with Crippen molar-refractivity contribution in [2.24, 2.45) is 0 Å². The molecule has 6 heteroatoms. The molecule has 0 saturated heterocycles. The minimum absolute atomic E-state index is 0.309. The first-order valence-electron chi connectivity index (χ1n) is 12.9. The summed E-state index contributed by atoms with van der Waals surface area (Å²) in [4.78, 5) is 20.6. The molecule has 6 nitrogen and oxygen atoms in total. The summed E-state index contributed by atoms with van der Waals surface area (Å²) >= 11 is 0. The fraction of sp³-hybridized carbons (Fsp3) is 0.333. The monoisotopic (exact) mass is 484 g/mol. The number of esters is 1. The van der Waals surface area contributed by atoms with Gasteiger partial charge < -0.3 is 14.4 Å². The average Bonchev–Trinajstić information content (AvgIpc) is 3.37. The van der Waals surface area contributed by atoms with Crippen LogP contribution in [0, 0.1) is 0 Å². The summed E-state index contributed by atoms with van der Waals surface area (Å²) in [6, 6.07) is 18.2. The molecule has 2 unspecified atom stereocenters. The summed E-state index contributed by atoms with van der Waals surface area (Å²) in [5.41, 5.74) is 5.05. The lowest BCUT2D eigenvalue weighted by molar-refractivity contribution is -0.0645. The van der Waals surface area contributed by atoms with Crippen LogP contribution in [0.4, 0.5) is 11.4 Å². The van der Waals surface area contributed by atoms with Crippen LogP contribution >= 0.6 is 0 Å². The van der Waals surface area contributed by atoms with Crippen molar-refractivity contribution in [3.8, 4) is 5.75 Å². The van der Waals surface area contributed by atoms with Gasteiger partial charge in [0.25, 0.3) is 0 Å². The molecule has 0 fully saturated rings. The second-order valence-corrected chi connectivity index (χ2v) is 9.19. The van der Waals surface area contributed by atoms with Gasteiger partial charge in [-0.05, 0) is 58.0 Å². The van der Waals surface area contributed by atoms with Crippen LogP contribution in [0.5, 0.6) is 5.75 Å². The largest absolute Gasteiger partial charge is 0.493 e. The van der Waals surface area contributed by atoms with Gasteiger partial charge in [-0.25, -0.2) is 14.3 Å². The highest BCUT2D eigenvalue weighted by Gasteiger charge is 2.67. The van der Waals surface area contributed by atoms with Crippen LogP contribution in [0.3, 0.4) is 0 Å². The maximum Gasteiger partial charge on any atom is 0.345 e. The van der Waals surface area contributed by atoms with E-state index in [1.54, 1.807) is 12.3 Å². The second-order valence-electron chi connectivity index (χ2n) is 9.19. The number of ether oxygens (including phenoxy) is 2. The SMILES string of the molecule is CCOc1cc(N(CC)CC)ccc1C1([N+]2(CC)C(C)=Cc3ccccc32)OC(=O)c2cccnc21. The van der Waals surface area contributed by atoms with E-state index in [4.69, 9.17) is 14.5 Å². The van der Waals surface area contributed by atoms with E-state index in [1.165, 1.54) is 0 Å². The maximum absolute atomic E-state index is 13.5. The van der Waals surface area contributed by atoms with Crippen LogP contribution in [0.15, 0.2) is 66.5 Å². The van der Waals surface area contributed by atoms with Gasteiger partial charge in [0, 0.05) is 55.7 Å². The number of benzene rings is 2. The van der Waals surface area contributed by atoms with E-state index < -0.39 is 5.72 Å². The Morgan fingerprint density at radius 2 is 1.81 bits per heavy atom. The predicted molar refractivity (Wildman–Crippen MR) is 144 cm³/mol. The summed E-state index contributed by atoms with van der Waals surface area (Å²) in [5, 5.41) is 0. The van der Waals surface area contributed by atoms with Crippen LogP contribution in [0.25, 0.3) is 6.08 Å². The van der Waals surface area contributed by atoms with Gasteiger partial charge in [0.2, 0.25) is 0 Å². The topological polar surface area (TPSA) is 51.7 Å². The fourth-order valence-corrected chi connectivity index (χ4v) is 6.12. The van der Waals surface area contributed by atoms with E-state index in [-0.39, 0.29) is 5.97 Å². The van der Waals surface area contributed by atoms with Gasteiger partial charge in [0.1, 0.15) is 22.7 Å². The van der Waals surface area contributed by atoms with E-state index in [1.807, 2.05) is 25.1 Å². The Hall–Kier alpha value is -3.64. The Balaban J connectivity index is 1.89. The third-order valence-corrected chi connectivity index (χ3v) is 7.67. The number of allylic oxidation sites excluding steroid dienone is 1. The predicted octanol–water partition coefficient (Wildman–Crippen LogP) is 6.10. The number of carbonyl (C=O) groups excluding carboxylic acids is 1. The number of para-hydroxylation sites is 1. The van der Waals surface area contributed by atoms with Gasteiger partial charge in [0.15, 0.2) is 5.69 Å². The molecule has 186 valence electrons. The van der Waals surface area contributed by atoms with Crippen LogP contribution in [-0.2, 0) is 10.5 Å². The molecule has 2 aliphatic heterocycles. The summed E-state index contributed by atoms with van der Waals surface area (Å²) in [7, 11) is 0. The third kappa shape index (κ3) is 3.14. The number of carbonyl (C=O) groups is 1. The minimum atomic E-state index is -1.23. The lowest BCUT2D eigenvalue weighted by Gasteiger charge is -2.47. The van der Waals surface area contributed by atoms with Crippen molar-refractivity contribution >= 4 is 23.4 Å². The van der Waals surface area contributed by atoms with Gasteiger partial charge in [-0.2, -0.15) is 0 Å². The quantitative estimate of drug-likeness (QED) is 0.286. The molecule has 0 amide bonds. The first-order valence-corrected chi connectivity index (χ1v) is 12.9. The zero-order valence-electron chi connectivity index (χ0n) is 21.7.